The predicted octanol–water partition coefficient (Wildman–Crippen LogP) is 4.56. The van der Waals surface area contributed by atoms with Crippen LogP contribution in [-0.2, 0) is 9.59 Å². The fourth-order valence-corrected chi connectivity index (χ4v) is 1.34. The van der Waals surface area contributed by atoms with Gasteiger partial charge >= 0.3 is 0 Å². The van der Waals surface area contributed by atoms with Gasteiger partial charge in [0.25, 0.3) is 5.91 Å². The summed E-state index contributed by atoms with van der Waals surface area (Å²) in [6, 6.07) is 5.17. The third-order valence-corrected chi connectivity index (χ3v) is 2.80. The number of hydrogen-bond acceptors (Lipinski definition) is 3. The molecule has 0 saturated heterocycles. The van der Waals surface area contributed by atoms with Crippen LogP contribution in [0.15, 0.2) is 48.2 Å². The number of halogens is 3. The van der Waals surface area contributed by atoms with Gasteiger partial charge in [-0.15, -0.1) is 0 Å². The number of allylic oxidation sites excluding steroid dienone is 3. The van der Waals surface area contributed by atoms with Crippen molar-refractivity contribution in [3.05, 3.63) is 54.0 Å². The molecule has 2 amide bonds. The first kappa shape index (κ1) is 27.4. The van der Waals surface area contributed by atoms with Crippen molar-refractivity contribution >= 4 is 11.8 Å². The zero-order valence-electron chi connectivity index (χ0n) is 16.9. The van der Waals surface area contributed by atoms with E-state index in [4.69, 9.17) is 4.74 Å². The van der Waals surface area contributed by atoms with Gasteiger partial charge in [-0.3, -0.25) is 9.59 Å². The molecule has 0 heterocycles. The summed E-state index contributed by atoms with van der Waals surface area (Å²) in [7, 11) is 0. The fraction of sp³-hybridized carbons (Fsp3) is 0.400. The standard InChI is InChI=1S/C14H16F2N2O3.C4H7F.C2H6/c1-9(15)10(2)18-13(19)7-17-14(20)8-21-12-5-3-11(16)4-6-12;1-2-3-4-5;1-2/h3-6H,7-8H2,1-2H3,(H,17,20)(H,18,19);3-4H,2H2,1H3;1-2H3/b10-9-;4-3+;. The van der Waals surface area contributed by atoms with Gasteiger partial charge in [0.1, 0.15) is 17.4 Å². The zero-order chi connectivity index (χ0) is 21.9. The highest BCUT2D eigenvalue weighted by molar-refractivity contribution is 5.86. The van der Waals surface area contributed by atoms with Crippen LogP contribution in [0.1, 0.15) is 41.0 Å². The molecule has 1 rings (SSSR count). The minimum Gasteiger partial charge on any atom is -0.484 e. The Balaban J connectivity index is 0. The maximum Gasteiger partial charge on any atom is 0.258 e. The summed E-state index contributed by atoms with van der Waals surface area (Å²) < 4.78 is 41.3. The van der Waals surface area contributed by atoms with Crippen molar-refractivity contribution in [1.82, 2.24) is 10.6 Å². The summed E-state index contributed by atoms with van der Waals surface area (Å²) >= 11 is 0. The molecule has 0 radical (unpaired) electrons. The van der Waals surface area contributed by atoms with Crippen molar-refractivity contribution in [3.8, 4) is 5.75 Å². The molecule has 0 fully saturated rings. The molecule has 0 aliphatic rings. The average Bonchev–Trinajstić information content (AvgIpc) is 2.68. The molecule has 0 atom stereocenters. The van der Waals surface area contributed by atoms with Gasteiger partial charge < -0.3 is 15.4 Å². The van der Waals surface area contributed by atoms with E-state index in [1.165, 1.54) is 44.2 Å². The lowest BCUT2D eigenvalue weighted by atomic mass is 10.3. The molecule has 0 spiro atoms. The lowest BCUT2D eigenvalue weighted by molar-refractivity contribution is -0.127. The van der Waals surface area contributed by atoms with E-state index in [2.05, 4.69) is 10.6 Å². The Morgan fingerprint density at radius 3 is 2.11 bits per heavy atom. The molecular formula is C20H29F3N2O3. The Kier molecular flexibility index (Phi) is 17.3. The largest absolute Gasteiger partial charge is 0.484 e. The Morgan fingerprint density at radius 1 is 1.11 bits per heavy atom. The van der Waals surface area contributed by atoms with Crippen LogP contribution in [-0.4, -0.2) is 25.0 Å². The van der Waals surface area contributed by atoms with E-state index >= 15 is 0 Å². The molecule has 0 unspecified atom stereocenters. The molecular weight excluding hydrogens is 373 g/mol. The molecule has 1 aromatic carbocycles. The summed E-state index contributed by atoms with van der Waals surface area (Å²) in [6.45, 7) is 7.90. The van der Waals surface area contributed by atoms with Gasteiger partial charge in [0.05, 0.1) is 12.9 Å². The second-order valence-corrected chi connectivity index (χ2v) is 5.00. The van der Waals surface area contributed by atoms with Crippen LogP contribution in [0.4, 0.5) is 13.2 Å². The summed E-state index contributed by atoms with van der Waals surface area (Å²) in [5.41, 5.74) is 0.0943. The van der Waals surface area contributed by atoms with Crippen LogP contribution < -0.4 is 15.4 Å². The number of carbonyl (C=O) groups is 2. The molecule has 0 aromatic heterocycles. The number of rotatable bonds is 7. The first-order valence-corrected chi connectivity index (χ1v) is 8.83. The van der Waals surface area contributed by atoms with Crippen molar-refractivity contribution in [1.29, 1.82) is 0 Å². The van der Waals surface area contributed by atoms with Gasteiger partial charge in [-0.05, 0) is 44.5 Å². The molecule has 28 heavy (non-hydrogen) atoms. The molecule has 8 heteroatoms. The minimum atomic E-state index is -0.542. The minimum absolute atomic E-state index is 0.0943. The zero-order valence-corrected chi connectivity index (χ0v) is 16.9. The fourth-order valence-electron chi connectivity index (χ4n) is 1.34. The van der Waals surface area contributed by atoms with Gasteiger partial charge in [0.15, 0.2) is 6.61 Å². The highest BCUT2D eigenvalue weighted by atomic mass is 19.1. The Bertz CT molecular complexity index is 626. The molecule has 0 bridgehead atoms. The Labute approximate surface area is 164 Å². The van der Waals surface area contributed by atoms with E-state index in [9.17, 15) is 22.8 Å². The molecule has 0 aliphatic heterocycles. The first-order valence-electron chi connectivity index (χ1n) is 8.83. The van der Waals surface area contributed by atoms with Crippen LogP contribution >= 0.6 is 0 Å². The summed E-state index contributed by atoms with van der Waals surface area (Å²) in [5, 5.41) is 4.60. The number of ether oxygens (including phenoxy) is 1. The Hall–Kier alpha value is -2.77. The molecule has 158 valence electrons. The van der Waals surface area contributed by atoms with Crippen molar-refractivity contribution in [2.24, 2.45) is 0 Å². The number of benzene rings is 1. The second-order valence-electron chi connectivity index (χ2n) is 5.00. The maximum absolute atomic E-state index is 12.7. The maximum atomic E-state index is 12.7. The van der Waals surface area contributed by atoms with Gasteiger partial charge in [-0.2, -0.15) is 0 Å². The summed E-state index contributed by atoms with van der Waals surface area (Å²) in [4.78, 5) is 22.8. The molecule has 5 nitrogen and oxygen atoms in total. The van der Waals surface area contributed by atoms with Gasteiger partial charge in [0.2, 0.25) is 5.91 Å². The molecule has 2 N–H and O–H groups in total. The molecule has 0 saturated carbocycles. The third kappa shape index (κ3) is 15.5. The van der Waals surface area contributed by atoms with E-state index in [1.54, 1.807) is 0 Å². The van der Waals surface area contributed by atoms with Gasteiger partial charge in [0, 0.05) is 5.70 Å². The van der Waals surface area contributed by atoms with Crippen LogP contribution in [0.25, 0.3) is 0 Å². The normalized spacial score (nSPS) is 10.6. The topological polar surface area (TPSA) is 67.4 Å². The molecule has 1 aromatic rings. The highest BCUT2D eigenvalue weighted by Crippen LogP contribution is 2.10. The lowest BCUT2D eigenvalue weighted by Gasteiger charge is -2.08. The first-order chi connectivity index (χ1) is 13.3. The van der Waals surface area contributed by atoms with Gasteiger partial charge in [-0.1, -0.05) is 26.8 Å². The van der Waals surface area contributed by atoms with Crippen molar-refractivity contribution in [2.45, 2.75) is 41.0 Å². The van der Waals surface area contributed by atoms with E-state index in [0.29, 0.717) is 12.1 Å². The van der Waals surface area contributed by atoms with Crippen LogP contribution in [0, 0.1) is 5.82 Å². The lowest BCUT2D eigenvalue weighted by Crippen LogP contribution is -2.38. The summed E-state index contributed by atoms with van der Waals surface area (Å²) in [5.74, 6) is -1.64. The van der Waals surface area contributed by atoms with Crippen LogP contribution in [0.5, 0.6) is 5.75 Å². The monoisotopic (exact) mass is 402 g/mol. The Morgan fingerprint density at radius 2 is 1.68 bits per heavy atom. The number of hydrogen-bond donors (Lipinski definition) is 2. The van der Waals surface area contributed by atoms with E-state index in [-0.39, 0.29) is 18.8 Å². The van der Waals surface area contributed by atoms with Gasteiger partial charge in [-0.25, -0.2) is 13.2 Å². The number of carbonyl (C=O) groups excluding carboxylic acids is 2. The van der Waals surface area contributed by atoms with E-state index in [0.717, 1.165) is 6.42 Å². The number of amides is 2. The molecule has 0 aliphatic carbocycles. The van der Waals surface area contributed by atoms with Crippen molar-refractivity contribution < 1.29 is 27.5 Å². The highest BCUT2D eigenvalue weighted by Gasteiger charge is 2.07. The van der Waals surface area contributed by atoms with E-state index in [1.807, 2.05) is 20.8 Å². The van der Waals surface area contributed by atoms with Crippen molar-refractivity contribution in [3.63, 3.8) is 0 Å². The number of nitrogens with one attached hydrogen (secondary N) is 2. The van der Waals surface area contributed by atoms with Crippen LogP contribution in [0.2, 0.25) is 0 Å². The summed E-state index contributed by atoms with van der Waals surface area (Å²) in [6.07, 6.45) is 2.80. The average molecular weight is 402 g/mol. The van der Waals surface area contributed by atoms with Crippen LogP contribution in [0.3, 0.4) is 0 Å². The predicted molar refractivity (Wildman–Crippen MR) is 104 cm³/mol. The smallest absolute Gasteiger partial charge is 0.258 e. The third-order valence-electron chi connectivity index (χ3n) is 2.80. The SMILES string of the molecule is C/C(F)=C(\C)NC(=O)CNC(=O)COc1ccc(F)cc1.CC.CC/C=C/F. The van der Waals surface area contributed by atoms with Crippen molar-refractivity contribution in [2.75, 3.05) is 13.2 Å². The van der Waals surface area contributed by atoms with E-state index < -0.39 is 23.5 Å². The quantitative estimate of drug-likeness (QED) is 0.702. The second kappa shape index (κ2) is 17.6.